The van der Waals surface area contributed by atoms with Crippen LogP contribution in [0.3, 0.4) is 0 Å². The van der Waals surface area contributed by atoms with E-state index in [9.17, 15) is 19.6 Å². The molecule has 156 valence electrons. The fourth-order valence-corrected chi connectivity index (χ4v) is 3.49. The third-order valence-electron chi connectivity index (χ3n) is 4.77. The number of benzene rings is 1. The monoisotopic (exact) mass is 470 g/mol. The second-order valence-corrected chi connectivity index (χ2v) is 7.54. The van der Waals surface area contributed by atoms with Gasteiger partial charge in [-0.2, -0.15) is 0 Å². The Labute approximate surface area is 175 Å². The second-order valence-electron chi connectivity index (χ2n) is 6.68. The van der Waals surface area contributed by atoms with Gasteiger partial charge in [-0.3, -0.25) is 0 Å². The van der Waals surface area contributed by atoms with Gasteiger partial charge in [0, 0.05) is 18.8 Å². The molecule has 0 saturated carbocycles. The molecule has 0 amide bonds. The summed E-state index contributed by atoms with van der Waals surface area (Å²) in [6.45, 7) is 2.80. The maximum atomic E-state index is 13.4. The van der Waals surface area contributed by atoms with Crippen LogP contribution < -0.4 is 10.6 Å². The van der Waals surface area contributed by atoms with Gasteiger partial charge >= 0.3 is 7.12 Å². The Morgan fingerprint density at radius 1 is 1.34 bits per heavy atom. The van der Waals surface area contributed by atoms with Crippen molar-refractivity contribution in [3.05, 3.63) is 34.2 Å². The molecule has 0 bridgehead atoms. The smallest absolute Gasteiger partial charge is 0.427 e. The average molecular weight is 471 g/mol. The van der Waals surface area contributed by atoms with Crippen LogP contribution in [0.4, 0.5) is 15.9 Å². The number of piperidine rings is 1. The molecule has 13 heteroatoms. The minimum absolute atomic E-state index is 0.00925. The Kier molecular flexibility index (Phi) is 7.42. The molecular weight excluding hydrogens is 450 g/mol. The van der Waals surface area contributed by atoms with E-state index in [1.54, 1.807) is 0 Å². The minimum Gasteiger partial charge on any atom is -0.427 e. The van der Waals surface area contributed by atoms with Crippen molar-refractivity contribution in [2.45, 2.75) is 18.7 Å². The van der Waals surface area contributed by atoms with Crippen molar-refractivity contribution >= 4 is 40.4 Å². The molecule has 2 aromatic rings. The molecule has 5 N–H and O–H groups in total. The zero-order chi connectivity index (χ0) is 20.8. The molecule has 0 radical (unpaired) electrons. The highest BCUT2D eigenvalue weighted by Gasteiger charge is 2.28. The van der Waals surface area contributed by atoms with E-state index in [1.165, 1.54) is 18.2 Å². The highest BCUT2D eigenvalue weighted by Crippen LogP contribution is 2.24. The molecule has 1 aliphatic rings. The lowest BCUT2D eigenvalue weighted by Gasteiger charge is -2.31. The Morgan fingerprint density at radius 2 is 2.10 bits per heavy atom. The molecule has 0 aliphatic carbocycles. The van der Waals surface area contributed by atoms with E-state index >= 15 is 0 Å². The summed E-state index contributed by atoms with van der Waals surface area (Å²) >= 11 is 3.10. The Bertz CT molecular complexity index is 847. The lowest BCUT2D eigenvalue weighted by molar-refractivity contribution is 0.220. The first-order valence-electron chi connectivity index (χ1n) is 9.07. The molecule has 1 aromatic heterocycles. The van der Waals surface area contributed by atoms with Crippen molar-refractivity contribution in [2.75, 3.05) is 36.8 Å². The molecule has 29 heavy (non-hydrogen) atoms. The molecule has 1 aromatic carbocycles. The summed E-state index contributed by atoms with van der Waals surface area (Å²) in [5.41, 5.74) is 0.657. The lowest BCUT2D eigenvalue weighted by atomic mass is 9.67. The number of nitrogens with one attached hydrogen (secondary N) is 2. The van der Waals surface area contributed by atoms with E-state index in [-0.39, 0.29) is 21.8 Å². The summed E-state index contributed by atoms with van der Waals surface area (Å²) in [4.78, 5) is 2.20. The number of rotatable bonds is 7. The number of hydrogen-bond donors (Lipinski definition) is 5. The summed E-state index contributed by atoms with van der Waals surface area (Å²) in [7, 11) is -1.26. The first-order valence-corrected chi connectivity index (χ1v) is 9.86. The van der Waals surface area contributed by atoms with Gasteiger partial charge < -0.3 is 30.8 Å². The normalized spacial score (nSPS) is 16.1. The van der Waals surface area contributed by atoms with E-state index in [0.29, 0.717) is 24.6 Å². The Hall–Kier alpha value is -2.22. The minimum atomic E-state index is -1.26. The summed E-state index contributed by atoms with van der Waals surface area (Å²) in [5, 5.41) is 44.5. The van der Waals surface area contributed by atoms with Gasteiger partial charge in [0.15, 0.2) is 5.69 Å². The molecular formula is C16H21BBrFN6O4. The molecule has 10 nitrogen and oxygen atoms in total. The van der Waals surface area contributed by atoms with Crippen LogP contribution >= 0.6 is 15.9 Å². The van der Waals surface area contributed by atoms with Crippen LogP contribution in [0.25, 0.3) is 0 Å². The number of oxime groups is 1. The molecule has 1 aliphatic heterocycles. The zero-order valence-electron chi connectivity index (χ0n) is 15.4. The summed E-state index contributed by atoms with van der Waals surface area (Å²) < 4.78 is 18.4. The number of amidine groups is 1. The van der Waals surface area contributed by atoms with E-state index in [4.69, 9.17) is 4.63 Å². The molecule has 0 atom stereocenters. The largest absolute Gasteiger partial charge is 0.454 e. The maximum Gasteiger partial charge on any atom is 0.454 e. The first-order chi connectivity index (χ1) is 14.0. The van der Waals surface area contributed by atoms with E-state index in [2.05, 4.69) is 46.9 Å². The molecule has 0 unspecified atom stereocenters. The molecule has 3 rings (SSSR count). The zero-order valence-corrected chi connectivity index (χ0v) is 17.0. The predicted molar refractivity (Wildman–Crippen MR) is 108 cm³/mol. The highest BCUT2D eigenvalue weighted by atomic mass is 79.9. The quantitative estimate of drug-likeness (QED) is 0.134. The fourth-order valence-electron chi connectivity index (χ4n) is 3.11. The van der Waals surface area contributed by atoms with Crippen LogP contribution in [-0.4, -0.2) is 69.6 Å². The van der Waals surface area contributed by atoms with Crippen LogP contribution in [0, 0.1) is 5.82 Å². The van der Waals surface area contributed by atoms with Crippen molar-refractivity contribution in [1.82, 2.24) is 15.2 Å². The molecule has 1 fully saturated rings. The number of hydrogen-bond acceptors (Lipinski definition) is 9. The maximum absolute atomic E-state index is 13.4. The van der Waals surface area contributed by atoms with Gasteiger partial charge in [-0.1, -0.05) is 5.16 Å². The van der Waals surface area contributed by atoms with E-state index < -0.39 is 12.9 Å². The summed E-state index contributed by atoms with van der Waals surface area (Å²) in [5.74, 6) is -0.204. The molecule has 0 spiro atoms. The van der Waals surface area contributed by atoms with Crippen molar-refractivity contribution < 1.29 is 24.3 Å². The third-order valence-corrected chi connectivity index (χ3v) is 5.38. The van der Waals surface area contributed by atoms with Crippen LogP contribution in [0.5, 0.6) is 0 Å². The van der Waals surface area contributed by atoms with Crippen molar-refractivity contribution in [3.8, 4) is 0 Å². The van der Waals surface area contributed by atoms with Gasteiger partial charge in [0.1, 0.15) is 5.82 Å². The van der Waals surface area contributed by atoms with Gasteiger partial charge in [0.05, 0.1) is 4.47 Å². The fraction of sp³-hybridized carbons (Fsp3) is 0.438. The SMILES string of the molecule is O/N=C(\Nc1ccc(F)c(Br)c1)c1nonc1NCCN1CCC(B(O)O)CC1. The molecule has 2 heterocycles. The van der Waals surface area contributed by atoms with E-state index in [0.717, 1.165) is 25.9 Å². The second kappa shape index (κ2) is 10.0. The summed E-state index contributed by atoms with van der Waals surface area (Å²) in [6, 6.07) is 4.24. The van der Waals surface area contributed by atoms with Gasteiger partial charge in [0.2, 0.25) is 11.7 Å². The highest BCUT2D eigenvalue weighted by molar-refractivity contribution is 9.10. The third kappa shape index (κ3) is 5.66. The van der Waals surface area contributed by atoms with Crippen LogP contribution in [0.15, 0.2) is 32.5 Å². The molecule has 1 saturated heterocycles. The van der Waals surface area contributed by atoms with Gasteiger partial charge in [-0.25, -0.2) is 9.02 Å². The number of halogens is 2. The topological polar surface area (TPSA) is 139 Å². The number of likely N-dealkylation sites (tertiary alicyclic amines) is 1. The number of aromatic nitrogens is 2. The van der Waals surface area contributed by atoms with E-state index in [1.807, 2.05) is 0 Å². The predicted octanol–water partition coefficient (Wildman–Crippen LogP) is 1.57. The Morgan fingerprint density at radius 3 is 2.76 bits per heavy atom. The number of nitrogens with zero attached hydrogens (tertiary/aromatic N) is 4. The van der Waals surface area contributed by atoms with Crippen LogP contribution in [0.1, 0.15) is 18.5 Å². The standard InChI is InChI=1S/C16H21BBrFN6O4/c18-12-9-11(1-2-13(12)19)21-16(22-28)14-15(24-29-23-14)20-5-8-25-6-3-10(4-7-25)17(26)27/h1-2,9-10,26-28H,3-8H2,(H,20,24)(H,21,22). The van der Waals surface area contributed by atoms with Crippen LogP contribution in [-0.2, 0) is 0 Å². The van der Waals surface area contributed by atoms with Crippen molar-refractivity contribution in [1.29, 1.82) is 0 Å². The van der Waals surface area contributed by atoms with Crippen molar-refractivity contribution in [2.24, 2.45) is 5.16 Å². The van der Waals surface area contributed by atoms with Gasteiger partial charge in [-0.05, 0) is 76.2 Å². The lowest BCUT2D eigenvalue weighted by Crippen LogP contribution is -2.39. The summed E-state index contributed by atoms with van der Waals surface area (Å²) in [6.07, 6.45) is 1.46. The first kappa shape index (κ1) is 21.5. The van der Waals surface area contributed by atoms with Crippen molar-refractivity contribution in [3.63, 3.8) is 0 Å². The van der Waals surface area contributed by atoms with Gasteiger partial charge in [0.25, 0.3) is 0 Å². The number of anilines is 2. The Balaban J connectivity index is 1.55. The average Bonchev–Trinajstić information content (AvgIpc) is 3.17. The van der Waals surface area contributed by atoms with Gasteiger partial charge in [-0.15, -0.1) is 0 Å². The van der Waals surface area contributed by atoms with Crippen LogP contribution in [0.2, 0.25) is 5.82 Å².